The van der Waals surface area contributed by atoms with Gasteiger partial charge in [-0.15, -0.1) is 0 Å². The molecule has 4 N–H and O–H groups in total. The van der Waals surface area contributed by atoms with Crippen LogP contribution < -0.4 is 16.0 Å². The van der Waals surface area contributed by atoms with Crippen molar-refractivity contribution in [1.29, 1.82) is 0 Å². The largest absolute Gasteiger partial charge is 0.480 e. The molecule has 2 rings (SSSR count). The summed E-state index contributed by atoms with van der Waals surface area (Å²) in [5.74, 6) is -2.50. The first-order valence-electron chi connectivity index (χ1n) is 11.0. The van der Waals surface area contributed by atoms with Crippen molar-refractivity contribution in [2.24, 2.45) is 11.8 Å². The van der Waals surface area contributed by atoms with Crippen LogP contribution >= 0.6 is 0 Å². The summed E-state index contributed by atoms with van der Waals surface area (Å²) in [6, 6.07) is -2.72. The average molecular weight is 425 g/mol. The average Bonchev–Trinajstić information content (AvgIpc) is 3.40. The van der Waals surface area contributed by atoms with Crippen LogP contribution in [0.15, 0.2) is 0 Å². The third-order valence-corrected chi connectivity index (χ3v) is 6.22. The van der Waals surface area contributed by atoms with Gasteiger partial charge in [-0.2, -0.15) is 0 Å². The van der Waals surface area contributed by atoms with E-state index in [2.05, 4.69) is 16.0 Å². The molecular formula is C21H36N4O5. The number of hydrogen-bond acceptors (Lipinski definition) is 5. The lowest BCUT2D eigenvalue weighted by atomic mass is 9.97. The number of amides is 3. The van der Waals surface area contributed by atoms with Crippen molar-refractivity contribution in [3.8, 4) is 0 Å². The zero-order chi connectivity index (χ0) is 22.4. The molecule has 0 aromatic heterocycles. The van der Waals surface area contributed by atoms with E-state index >= 15 is 0 Å². The highest BCUT2D eigenvalue weighted by atomic mass is 16.4. The predicted octanol–water partition coefficient (Wildman–Crippen LogP) is 0.486. The summed E-state index contributed by atoms with van der Waals surface area (Å²) in [5, 5.41) is 18.0. The molecule has 0 bridgehead atoms. The molecule has 0 aromatic rings. The molecule has 2 heterocycles. The fourth-order valence-electron chi connectivity index (χ4n) is 4.11. The van der Waals surface area contributed by atoms with Gasteiger partial charge in [-0.3, -0.25) is 14.4 Å². The molecule has 30 heavy (non-hydrogen) atoms. The van der Waals surface area contributed by atoms with E-state index in [1.54, 1.807) is 25.7 Å². The number of likely N-dealkylation sites (tertiary alicyclic amines) is 1. The van der Waals surface area contributed by atoms with E-state index in [1.807, 2.05) is 6.92 Å². The van der Waals surface area contributed by atoms with Crippen molar-refractivity contribution < 1.29 is 24.3 Å². The Morgan fingerprint density at radius 2 is 1.77 bits per heavy atom. The molecule has 170 valence electrons. The number of carboxylic acids is 1. The molecular weight excluding hydrogens is 388 g/mol. The molecule has 5 unspecified atom stereocenters. The fraction of sp³-hybridized carbons (Fsp3) is 0.810. The van der Waals surface area contributed by atoms with Crippen molar-refractivity contribution >= 4 is 23.7 Å². The van der Waals surface area contributed by atoms with Gasteiger partial charge in [0.15, 0.2) is 0 Å². The summed E-state index contributed by atoms with van der Waals surface area (Å²) in [4.78, 5) is 51.7. The lowest BCUT2D eigenvalue weighted by Crippen LogP contribution is -2.58. The molecule has 0 aromatic carbocycles. The molecule has 2 aliphatic heterocycles. The molecule has 0 spiro atoms. The van der Waals surface area contributed by atoms with Crippen molar-refractivity contribution in [3.05, 3.63) is 0 Å². The first-order chi connectivity index (χ1) is 14.2. The predicted molar refractivity (Wildman–Crippen MR) is 112 cm³/mol. The third kappa shape index (κ3) is 5.71. The van der Waals surface area contributed by atoms with E-state index in [4.69, 9.17) is 0 Å². The Hall–Kier alpha value is -2.16. The van der Waals surface area contributed by atoms with Crippen LogP contribution in [0.5, 0.6) is 0 Å². The van der Waals surface area contributed by atoms with Gasteiger partial charge in [-0.05, 0) is 44.1 Å². The van der Waals surface area contributed by atoms with Crippen LogP contribution in [0.25, 0.3) is 0 Å². The Morgan fingerprint density at radius 3 is 2.30 bits per heavy atom. The summed E-state index contributed by atoms with van der Waals surface area (Å²) in [5.41, 5.74) is 0. The van der Waals surface area contributed by atoms with Crippen LogP contribution in [-0.4, -0.2) is 71.0 Å². The molecule has 9 heteroatoms. The number of nitrogens with zero attached hydrogens (tertiary/aromatic N) is 1. The molecule has 0 radical (unpaired) electrons. The van der Waals surface area contributed by atoms with Gasteiger partial charge in [0.1, 0.15) is 18.1 Å². The number of carbonyl (C=O) groups excluding carboxylic acids is 3. The lowest BCUT2D eigenvalue weighted by molar-refractivity contribution is -0.144. The molecule has 0 saturated carbocycles. The highest BCUT2D eigenvalue weighted by molar-refractivity contribution is 5.94. The first-order valence-corrected chi connectivity index (χ1v) is 11.0. The summed E-state index contributed by atoms with van der Waals surface area (Å²) in [6.07, 6.45) is 3.61. The van der Waals surface area contributed by atoms with E-state index in [0.717, 1.165) is 25.8 Å². The van der Waals surface area contributed by atoms with E-state index in [1.165, 1.54) is 0 Å². The second-order valence-electron chi connectivity index (χ2n) is 8.78. The van der Waals surface area contributed by atoms with Crippen LogP contribution in [0.3, 0.4) is 0 Å². The summed E-state index contributed by atoms with van der Waals surface area (Å²) in [7, 11) is 0. The number of carbonyl (C=O) groups is 4. The Labute approximate surface area is 178 Å². The van der Waals surface area contributed by atoms with Gasteiger partial charge >= 0.3 is 5.97 Å². The molecule has 9 nitrogen and oxygen atoms in total. The minimum Gasteiger partial charge on any atom is -0.480 e. The highest BCUT2D eigenvalue weighted by Gasteiger charge is 2.39. The van der Waals surface area contributed by atoms with E-state index < -0.39 is 30.0 Å². The monoisotopic (exact) mass is 424 g/mol. The number of hydrogen-bond donors (Lipinski definition) is 4. The first kappa shape index (κ1) is 24.1. The Bertz CT molecular complexity index is 647. The smallest absolute Gasteiger partial charge is 0.326 e. The van der Waals surface area contributed by atoms with E-state index in [-0.39, 0.29) is 29.7 Å². The van der Waals surface area contributed by atoms with Gasteiger partial charge in [-0.25, -0.2) is 4.79 Å². The molecule has 2 saturated heterocycles. The van der Waals surface area contributed by atoms with Gasteiger partial charge < -0.3 is 26.0 Å². The lowest BCUT2D eigenvalue weighted by Gasteiger charge is -2.30. The summed E-state index contributed by atoms with van der Waals surface area (Å²) in [6.45, 7) is 8.55. The number of aliphatic carboxylic acids is 1. The third-order valence-electron chi connectivity index (χ3n) is 6.22. The number of carboxylic acid groups (broad SMARTS) is 1. The molecule has 0 aliphatic carbocycles. The molecule has 2 fully saturated rings. The molecule has 3 amide bonds. The van der Waals surface area contributed by atoms with Crippen molar-refractivity contribution in [2.45, 2.75) is 84.0 Å². The second kappa shape index (κ2) is 10.7. The van der Waals surface area contributed by atoms with Gasteiger partial charge in [0, 0.05) is 6.54 Å². The summed E-state index contributed by atoms with van der Waals surface area (Å²) < 4.78 is 0. The second-order valence-corrected chi connectivity index (χ2v) is 8.78. The SMILES string of the molecule is CCC(C)C(NC(=O)C(NC(=O)C1CCCN1C(=O)C1CCCN1)C(C)C)C(=O)O. The van der Waals surface area contributed by atoms with Gasteiger partial charge in [0.05, 0.1) is 6.04 Å². The fourth-order valence-corrected chi connectivity index (χ4v) is 4.11. The van der Waals surface area contributed by atoms with Crippen molar-refractivity contribution in [1.82, 2.24) is 20.9 Å². The van der Waals surface area contributed by atoms with Crippen LogP contribution in [0.2, 0.25) is 0 Å². The normalized spacial score (nSPS) is 24.4. The quantitative estimate of drug-likeness (QED) is 0.426. The Morgan fingerprint density at radius 1 is 1.07 bits per heavy atom. The van der Waals surface area contributed by atoms with Crippen molar-refractivity contribution in [3.63, 3.8) is 0 Å². The molecule has 2 aliphatic rings. The van der Waals surface area contributed by atoms with Crippen LogP contribution in [0, 0.1) is 11.8 Å². The standard InChI is InChI=1S/C21H36N4O5/c1-5-13(4)17(21(29)30)24-19(27)16(12(2)3)23-18(26)15-9-7-11-25(15)20(28)14-8-6-10-22-14/h12-17,22H,5-11H2,1-4H3,(H,23,26)(H,24,27)(H,29,30). The number of rotatable bonds is 9. The topological polar surface area (TPSA) is 128 Å². The van der Waals surface area contributed by atoms with Crippen LogP contribution in [-0.2, 0) is 19.2 Å². The van der Waals surface area contributed by atoms with Crippen LogP contribution in [0.4, 0.5) is 0 Å². The maximum Gasteiger partial charge on any atom is 0.326 e. The zero-order valence-corrected chi connectivity index (χ0v) is 18.4. The maximum atomic E-state index is 13.0. The Kier molecular flexibility index (Phi) is 8.64. The number of nitrogens with one attached hydrogen (secondary N) is 3. The highest BCUT2D eigenvalue weighted by Crippen LogP contribution is 2.21. The van der Waals surface area contributed by atoms with E-state index in [0.29, 0.717) is 19.4 Å². The van der Waals surface area contributed by atoms with Crippen molar-refractivity contribution in [2.75, 3.05) is 13.1 Å². The van der Waals surface area contributed by atoms with Gasteiger partial charge in [0.2, 0.25) is 17.7 Å². The van der Waals surface area contributed by atoms with Crippen LogP contribution in [0.1, 0.15) is 59.8 Å². The summed E-state index contributed by atoms with van der Waals surface area (Å²) >= 11 is 0. The van der Waals surface area contributed by atoms with Gasteiger partial charge in [-0.1, -0.05) is 34.1 Å². The Balaban J connectivity index is 2.05. The molecule has 5 atom stereocenters. The maximum absolute atomic E-state index is 13.0. The minimum absolute atomic E-state index is 0.0570. The zero-order valence-electron chi connectivity index (χ0n) is 18.4. The van der Waals surface area contributed by atoms with E-state index in [9.17, 15) is 24.3 Å². The minimum atomic E-state index is -1.09. The van der Waals surface area contributed by atoms with Gasteiger partial charge in [0.25, 0.3) is 0 Å².